The van der Waals surface area contributed by atoms with Crippen LogP contribution in [0.3, 0.4) is 0 Å². The molecule has 0 aromatic rings. The van der Waals surface area contributed by atoms with Crippen molar-refractivity contribution in [2.75, 3.05) is 26.2 Å². The average Bonchev–Trinajstić information content (AvgIpc) is 2.44. The summed E-state index contributed by atoms with van der Waals surface area (Å²) in [4.78, 5) is 2.65. The van der Waals surface area contributed by atoms with Gasteiger partial charge in [-0.25, -0.2) is 0 Å². The predicted octanol–water partition coefficient (Wildman–Crippen LogP) is 1.72. The maximum Gasteiger partial charge on any atom is 0.0125 e. The molecule has 0 saturated carbocycles. The molecule has 2 heterocycles. The Labute approximate surface area is 88.1 Å². The molecule has 2 heteroatoms. The smallest absolute Gasteiger partial charge is 0.0125 e. The second-order valence-corrected chi connectivity index (χ2v) is 5.67. The minimum absolute atomic E-state index is 0.511. The third-order valence-corrected chi connectivity index (χ3v) is 4.06. The predicted molar refractivity (Wildman–Crippen MR) is 60.4 cm³/mol. The molecule has 0 aromatic heterocycles. The lowest BCUT2D eigenvalue weighted by Gasteiger charge is -2.39. The lowest BCUT2D eigenvalue weighted by Crippen LogP contribution is -2.47. The average molecular weight is 196 g/mol. The zero-order valence-electron chi connectivity index (χ0n) is 9.84. The summed E-state index contributed by atoms with van der Waals surface area (Å²) in [6.07, 6.45) is 2.65. The van der Waals surface area contributed by atoms with Gasteiger partial charge in [0.25, 0.3) is 0 Å². The Balaban J connectivity index is 1.98. The molecule has 2 unspecified atom stereocenters. The fourth-order valence-corrected chi connectivity index (χ4v) is 3.10. The van der Waals surface area contributed by atoms with Gasteiger partial charge in [-0.2, -0.15) is 0 Å². The van der Waals surface area contributed by atoms with Gasteiger partial charge >= 0.3 is 0 Å². The van der Waals surface area contributed by atoms with Crippen molar-refractivity contribution >= 4 is 0 Å². The first kappa shape index (κ1) is 10.4. The van der Waals surface area contributed by atoms with Crippen molar-refractivity contribution in [1.82, 2.24) is 10.2 Å². The van der Waals surface area contributed by atoms with E-state index in [0.717, 1.165) is 12.0 Å². The second kappa shape index (κ2) is 3.82. The fraction of sp³-hybridized carbons (Fsp3) is 1.00. The summed E-state index contributed by atoms with van der Waals surface area (Å²) in [6, 6.07) is 0.804. The van der Waals surface area contributed by atoms with Gasteiger partial charge in [0, 0.05) is 19.1 Å². The molecule has 2 saturated heterocycles. The number of piperidine rings is 1. The quantitative estimate of drug-likeness (QED) is 0.723. The van der Waals surface area contributed by atoms with Crippen LogP contribution in [0, 0.1) is 11.3 Å². The number of hydrogen-bond acceptors (Lipinski definition) is 2. The van der Waals surface area contributed by atoms with Crippen molar-refractivity contribution in [3.05, 3.63) is 0 Å². The molecule has 2 nitrogen and oxygen atoms in total. The highest BCUT2D eigenvalue weighted by molar-refractivity contribution is 4.99. The summed E-state index contributed by atoms with van der Waals surface area (Å²) in [7, 11) is 0. The molecule has 1 N–H and O–H groups in total. The van der Waals surface area contributed by atoms with Gasteiger partial charge in [0.2, 0.25) is 0 Å². The van der Waals surface area contributed by atoms with Crippen molar-refractivity contribution in [2.45, 2.75) is 39.7 Å². The third-order valence-electron chi connectivity index (χ3n) is 4.06. The van der Waals surface area contributed by atoms with Crippen LogP contribution in [0.25, 0.3) is 0 Å². The molecular weight excluding hydrogens is 172 g/mol. The van der Waals surface area contributed by atoms with Crippen molar-refractivity contribution in [2.24, 2.45) is 11.3 Å². The van der Waals surface area contributed by atoms with E-state index in [-0.39, 0.29) is 0 Å². The highest BCUT2D eigenvalue weighted by Crippen LogP contribution is 2.38. The number of nitrogens with one attached hydrogen (secondary N) is 1. The number of fused-ring (bicyclic) bond motifs is 1. The van der Waals surface area contributed by atoms with E-state index < -0.39 is 0 Å². The Bertz CT molecular complexity index is 200. The molecule has 0 amide bonds. The van der Waals surface area contributed by atoms with E-state index in [2.05, 4.69) is 31.0 Å². The van der Waals surface area contributed by atoms with Crippen LogP contribution >= 0.6 is 0 Å². The van der Waals surface area contributed by atoms with E-state index in [0.29, 0.717) is 5.41 Å². The molecule has 0 aliphatic carbocycles. The number of likely N-dealkylation sites (tertiary alicyclic amines) is 1. The molecule has 14 heavy (non-hydrogen) atoms. The van der Waals surface area contributed by atoms with Crippen molar-refractivity contribution in [3.8, 4) is 0 Å². The maximum atomic E-state index is 3.68. The van der Waals surface area contributed by atoms with Crippen molar-refractivity contribution < 1.29 is 0 Å². The summed E-state index contributed by atoms with van der Waals surface area (Å²) in [5.74, 6) is 0.878. The molecule has 0 aromatic carbocycles. The Morgan fingerprint density at radius 3 is 2.93 bits per heavy atom. The van der Waals surface area contributed by atoms with Crippen LogP contribution in [0.1, 0.15) is 33.6 Å². The Morgan fingerprint density at radius 1 is 1.43 bits per heavy atom. The molecule has 2 aliphatic heterocycles. The van der Waals surface area contributed by atoms with E-state index in [1.165, 1.54) is 39.0 Å². The number of rotatable bonds is 2. The largest absolute Gasteiger partial charge is 0.313 e. The minimum atomic E-state index is 0.511. The lowest BCUT2D eigenvalue weighted by atomic mass is 9.76. The molecule has 0 bridgehead atoms. The third kappa shape index (κ3) is 1.82. The molecule has 2 aliphatic rings. The molecule has 82 valence electrons. The van der Waals surface area contributed by atoms with Crippen LogP contribution in [-0.4, -0.2) is 37.1 Å². The molecule has 0 spiro atoms. The van der Waals surface area contributed by atoms with E-state index in [1.54, 1.807) is 0 Å². The van der Waals surface area contributed by atoms with Crippen molar-refractivity contribution in [1.29, 1.82) is 0 Å². The molecule has 0 radical (unpaired) electrons. The second-order valence-electron chi connectivity index (χ2n) is 5.67. The van der Waals surface area contributed by atoms with Gasteiger partial charge in [-0.05, 0) is 37.3 Å². The van der Waals surface area contributed by atoms with Crippen LogP contribution in [0.15, 0.2) is 0 Å². The van der Waals surface area contributed by atoms with Gasteiger partial charge in [-0.15, -0.1) is 0 Å². The highest BCUT2D eigenvalue weighted by Gasteiger charge is 2.44. The lowest BCUT2D eigenvalue weighted by molar-refractivity contribution is 0.111. The van der Waals surface area contributed by atoms with Crippen LogP contribution in [-0.2, 0) is 0 Å². The van der Waals surface area contributed by atoms with E-state index >= 15 is 0 Å². The van der Waals surface area contributed by atoms with Crippen LogP contribution in [0.4, 0.5) is 0 Å². The van der Waals surface area contributed by atoms with E-state index in [4.69, 9.17) is 0 Å². The first-order chi connectivity index (χ1) is 6.63. The zero-order chi connectivity index (χ0) is 10.2. The minimum Gasteiger partial charge on any atom is -0.313 e. The topological polar surface area (TPSA) is 15.3 Å². The van der Waals surface area contributed by atoms with Gasteiger partial charge in [-0.3, -0.25) is 0 Å². The Hall–Kier alpha value is -0.0800. The normalized spacial score (nSPS) is 37.1. The monoisotopic (exact) mass is 196 g/mol. The zero-order valence-corrected chi connectivity index (χ0v) is 9.84. The highest BCUT2D eigenvalue weighted by atomic mass is 15.2. The van der Waals surface area contributed by atoms with Crippen LogP contribution in [0.5, 0.6) is 0 Å². The number of hydrogen-bond donors (Lipinski definition) is 1. The Kier molecular flexibility index (Phi) is 2.85. The molecular formula is C12H24N2. The van der Waals surface area contributed by atoms with Gasteiger partial charge in [-0.1, -0.05) is 20.8 Å². The van der Waals surface area contributed by atoms with Gasteiger partial charge in [0.15, 0.2) is 0 Å². The van der Waals surface area contributed by atoms with Gasteiger partial charge in [0.1, 0.15) is 0 Å². The van der Waals surface area contributed by atoms with Crippen LogP contribution in [0.2, 0.25) is 0 Å². The van der Waals surface area contributed by atoms with Gasteiger partial charge in [0.05, 0.1) is 0 Å². The SMILES string of the molecule is CCCN1CCC2NCC(C)(C)C2C1. The molecule has 2 atom stereocenters. The van der Waals surface area contributed by atoms with E-state index in [1.807, 2.05) is 0 Å². The van der Waals surface area contributed by atoms with E-state index in [9.17, 15) is 0 Å². The van der Waals surface area contributed by atoms with Crippen LogP contribution < -0.4 is 5.32 Å². The summed E-state index contributed by atoms with van der Waals surface area (Å²) in [6.45, 7) is 12.2. The Morgan fingerprint density at radius 2 is 2.21 bits per heavy atom. The van der Waals surface area contributed by atoms with Gasteiger partial charge < -0.3 is 10.2 Å². The summed E-state index contributed by atoms with van der Waals surface area (Å²) < 4.78 is 0. The summed E-state index contributed by atoms with van der Waals surface area (Å²) in [5, 5.41) is 3.68. The summed E-state index contributed by atoms with van der Waals surface area (Å²) in [5.41, 5.74) is 0.511. The summed E-state index contributed by atoms with van der Waals surface area (Å²) >= 11 is 0. The van der Waals surface area contributed by atoms with Crippen molar-refractivity contribution in [3.63, 3.8) is 0 Å². The number of nitrogens with zero attached hydrogens (tertiary/aromatic N) is 1. The first-order valence-electron chi connectivity index (χ1n) is 6.09. The maximum absolute atomic E-state index is 3.68. The fourth-order valence-electron chi connectivity index (χ4n) is 3.10. The standard InChI is InChI=1S/C12H24N2/c1-4-6-14-7-5-11-10(8-14)12(2,3)9-13-11/h10-11,13H,4-9H2,1-3H3. The first-order valence-corrected chi connectivity index (χ1v) is 6.09. The molecule has 2 fully saturated rings. The molecule has 2 rings (SSSR count).